The molecule has 0 spiro atoms. The molecule has 2 N–H and O–H groups in total. The summed E-state index contributed by atoms with van der Waals surface area (Å²) < 4.78 is 0. The summed E-state index contributed by atoms with van der Waals surface area (Å²) in [7, 11) is 0. The number of amides is 1. The number of carbonyl (C=O) groups excluding carboxylic acids is 1. The van der Waals surface area contributed by atoms with E-state index in [1.807, 2.05) is 32.0 Å². The zero-order chi connectivity index (χ0) is 12.1. The summed E-state index contributed by atoms with van der Waals surface area (Å²) in [4.78, 5) is 21.5. The predicted molar refractivity (Wildman–Crippen MR) is 61.3 cm³/mol. The smallest absolute Gasteiger partial charge is 0.328 e. The van der Waals surface area contributed by atoms with Crippen molar-refractivity contribution in [3.63, 3.8) is 0 Å². The first kappa shape index (κ1) is 12.0. The van der Waals surface area contributed by atoms with Crippen molar-refractivity contribution in [1.82, 2.24) is 0 Å². The van der Waals surface area contributed by atoms with Crippen molar-refractivity contribution in [2.45, 2.75) is 13.8 Å². The lowest BCUT2D eigenvalue weighted by molar-refractivity contribution is -0.131. The Morgan fingerprint density at radius 3 is 2.56 bits per heavy atom. The molecule has 16 heavy (non-hydrogen) atoms. The first-order valence-corrected chi connectivity index (χ1v) is 4.78. The highest BCUT2D eigenvalue weighted by atomic mass is 16.4. The molecule has 0 aliphatic rings. The number of aliphatic carboxylic acids is 1. The Balaban J connectivity index is 2.77. The van der Waals surface area contributed by atoms with Crippen molar-refractivity contribution in [2.75, 3.05) is 5.32 Å². The van der Waals surface area contributed by atoms with Gasteiger partial charge in [-0.15, -0.1) is 0 Å². The van der Waals surface area contributed by atoms with Crippen molar-refractivity contribution in [3.05, 3.63) is 41.5 Å². The van der Waals surface area contributed by atoms with Gasteiger partial charge in [-0.1, -0.05) is 12.1 Å². The van der Waals surface area contributed by atoms with E-state index in [9.17, 15) is 9.59 Å². The number of hydrogen-bond acceptors (Lipinski definition) is 2. The maximum Gasteiger partial charge on any atom is 0.328 e. The standard InChI is InChI=1S/C12H13NO3/c1-8-3-4-9(2)10(7-8)13-11(14)5-6-12(15)16/h3-7H,1-2H3,(H,13,14)(H,15,16). The molecular weight excluding hydrogens is 206 g/mol. The summed E-state index contributed by atoms with van der Waals surface area (Å²) in [6, 6.07) is 5.67. The van der Waals surface area contributed by atoms with Gasteiger partial charge < -0.3 is 10.4 Å². The Morgan fingerprint density at radius 2 is 1.94 bits per heavy atom. The molecular formula is C12H13NO3. The Hall–Kier alpha value is -2.10. The van der Waals surface area contributed by atoms with Crippen LogP contribution < -0.4 is 5.32 Å². The van der Waals surface area contributed by atoms with Crippen LogP contribution in [0.3, 0.4) is 0 Å². The van der Waals surface area contributed by atoms with Gasteiger partial charge in [-0.2, -0.15) is 0 Å². The Bertz CT molecular complexity index is 450. The highest BCUT2D eigenvalue weighted by Gasteiger charge is 2.02. The zero-order valence-corrected chi connectivity index (χ0v) is 9.15. The van der Waals surface area contributed by atoms with E-state index >= 15 is 0 Å². The highest BCUT2D eigenvalue weighted by Crippen LogP contribution is 2.16. The second kappa shape index (κ2) is 5.11. The van der Waals surface area contributed by atoms with Gasteiger partial charge in [-0.05, 0) is 31.0 Å². The summed E-state index contributed by atoms with van der Waals surface area (Å²) in [5.41, 5.74) is 2.66. The minimum Gasteiger partial charge on any atom is -0.478 e. The molecule has 4 heteroatoms. The maximum atomic E-state index is 11.3. The molecule has 4 nitrogen and oxygen atoms in total. The molecule has 0 radical (unpaired) electrons. The van der Waals surface area contributed by atoms with Crippen LogP contribution in [0.5, 0.6) is 0 Å². The van der Waals surface area contributed by atoms with E-state index in [2.05, 4.69) is 5.32 Å². The van der Waals surface area contributed by atoms with Crippen LogP contribution in [0.1, 0.15) is 11.1 Å². The van der Waals surface area contributed by atoms with E-state index in [1.165, 1.54) is 0 Å². The highest BCUT2D eigenvalue weighted by molar-refractivity contribution is 6.02. The normalized spacial score (nSPS) is 10.4. The molecule has 1 aromatic rings. The summed E-state index contributed by atoms with van der Waals surface area (Å²) in [5.74, 6) is -1.59. The third kappa shape index (κ3) is 3.57. The van der Waals surface area contributed by atoms with E-state index in [1.54, 1.807) is 0 Å². The lowest BCUT2D eigenvalue weighted by Gasteiger charge is -2.06. The zero-order valence-electron chi connectivity index (χ0n) is 9.15. The Labute approximate surface area is 93.6 Å². The summed E-state index contributed by atoms with van der Waals surface area (Å²) in [6.07, 6.45) is 1.80. The van der Waals surface area contributed by atoms with Gasteiger partial charge in [0.1, 0.15) is 0 Å². The van der Waals surface area contributed by atoms with Crippen molar-refractivity contribution in [3.8, 4) is 0 Å². The van der Waals surface area contributed by atoms with Crippen LogP contribution in [0.15, 0.2) is 30.4 Å². The minimum absolute atomic E-state index is 0.448. The van der Waals surface area contributed by atoms with Gasteiger partial charge in [0, 0.05) is 17.8 Å². The fourth-order valence-electron chi connectivity index (χ4n) is 1.19. The number of carboxylic acid groups (broad SMARTS) is 1. The molecule has 0 saturated heterocycles. The molecule has 0 fully saturated rings. The first-order chi connectivity index (χ1) is 7.49. The van der Waals surface area contributed by atoms with Gasteiger partial charge in [-0.3, -0.25) is 4.79 Å². The molecule has 0 heterocycles. The minimum atomic E-state index is -1.14. The van der Waals surface area contributed by atoms with Crippen LogP contribution in [-0.4, -0.2) is 17.0 Å². The molecule has 0 bridgehead atoms. The Morgan fingerprint density at radius 1 is 1.25 bits per heavy atom. The lowest BCUT2D eigenvalue weighted by Crippen LogP contribution is -2.09. The number of hydrogen-bond donors (Lipinski definition) is 2. The van der Waals surface area contributed by atoms with Gasteiger partial charge in [0.2, 0.25) is 5.91 Å². The van der Waals surface area contributed by atoms with Gasteiger partial charge in [-0.25, -0.2) is 4.79 Å². The van der Waals surface area contributed by atoms with E-state index in [4.69, 9.17) is 5.11 Å². The van der Waals surface area contributed by atoms with Crippen LogP contribution in [0.2, 0.25) is 0 Å². The van der Waals surface area contributed by atoms with Crippen molar-refractivity contribution < 1.29 is 14.7 Å². The number of carboxylic acids is 1. The number of carbonyl (C=O) groups is 2. The molecule has 0 aliphatic heterocycles. The molecule has 84 valence electrons. The predicted octanol–water partition coefficient (Wildman–Crippen LogP) is 1.88. The second-order valence-electron chi connectivity index (χ2n) is 3.48. The summed E-state index contributed by atoms with van der Waals surface area (Å²) in [6.45, 7) is 3.79. The van der Waals surface area contributed by atoms with Crippen molar-refractivity contribution in [2.24, 2.45) is 0 Å². The largest absolute Gasteiger partial charge is 0.478 e. The lowest BCUT2D eigenvalue weighted by atomic mass is 10.1. The summed E-state index contributed by atoms with van der Waals surface area (Å²) >= 11 is 0. The molecule has 1 amide bonds. The van der Waals surface area contributed by atoms with Crippen molar-refractivity contribution >= 4 is 17.6 Å². The fourth-order valence-corrected chi connectivity index (χ4v) is 1.19. The molecule has 0 unspecified atom stereocenters. The monoisotopic (exact) mass is 219 g/mol. The van der Waals surface area contributed by atoms with Gasteiger partial charge in [0.25, 0.3) is 0 Å². The Kier molecular flexibility index (Phi) is 3.83. The molecule has 0 atom stereocenters. The number of benzene rings is 1. The van der Waals surface area contributed by atoms with Crippen LogP contribution in [0, 0.1) is 13.8 Å². The van der Waals surface area contributed by atoms with Gasteiger partial charge in [0.15, 0.2) is 0 Å². The molecule has 1 rings (SSSR count). The number of rotatable bonds is 3. The summed E-state index contributed by atoms with van der Waals surface area (Å²) in [5, 5.41) is 11.0. The van der Waals surface area contributed by atoms with Gasteiger partial charge >= 0.3 is 5.97 Å². The molecule has 0 saturated carbocycles. The van der Waals surface area contributed by atoms with Crippen LogP contribution >= 0.6 is 0 Å². The third-order valence-electron chi connectivity index (χ3n) is 2.03. The number of nitrogens with one attached hydrogen (secondary N) is 1. The molecule has 0 aromatic heterocycles. The molecule has 0 aliphatic carbocycles. The van der Waals surface area contributed by atoms with Gasteiger partial charge in [0.05, 0.1) is 0 Å². The van der Waals surface area contributed by atoms with Crippen LogP contribution in [0.25, 0.3) is 0 Å². The van der Waals surface area contributed by atoms with E-state index in [-0.39, 0.29) is 0 Å². The topological polar surface area (TPSA) is 66.4 Å². The third-order valence-corrected chi connectivity index (χ3v) is 2.03. The second-order valence-corrected chi connectivity index (χ2v) is 3.48. The molecule has 1 aromatic carbocycles. The number of aryl methyl sites for hydroxylation is 2. The van der Waals surface area contributed by atoms with E-state index < -0.39 is 11.9 Å². The van der Waals surface area contributed by atoms with Crippen LogP contribution in [0.4, 0.5) is 5.69 Å². The number of anilines is 1. The maximum absolute atomic E-state index is 11.3. The van der Waals surface area contributed by atoms with E-state index in [0.717, 1.165) is 23.3 Å². The average molecular weight is 219 g/mol. The van der Waals surface area contributed by atoms with E-state index in [0.29, 0.717) is 5.69 Å². The van der Waals surface area contributed by atoms with Crippen molar-refractivity contribution in [1.29, 1.82) is 0 Å². The quantitative estimate of drug-likeness (QED) is 0.763. The fraction of sp³-hybridized carbons (Fsp3) is 0.167. The first-order valence-electron chi connectivity index (χ1n) is 4.78. The SMILES string of the molecule is Cc1ccc(C)c(NC(=O)C=CC(=O)O)c1. The van der Waals surface area contributed by atoms with Crippen LogP contribution in [-0.2, 0) is 9.59 Å². The average Bonchev–Trinajstić information content (AvgIpc) is 2.20.